The molecule has 0 heterocycles. The molecule has 0 bridgehead atoms. The minimum absolute atomic E-state index is 0.397. The molecule has 0 aliphatic rings. The lowest BCUT2D eigenvalue weighted by Crippen LogP contribution is -1.55. The van der Waals surface area contributed by atoms with Gasteiger partial charge in [-0.25, -0.2) is 4.39 Å². The second-order valence-corrected chi connectivity index (χ2v) is 0.818. The Bertz CT molecular complexity index is 55.0. The molecule has 0 aromatic heterocycles. The molecule has 0 aliphatic heterocycles. The Balaban J connectivity index is 2.94. The van der Waals surface area contributed by atoms with Gasteiger partial charge < -0.3 is 0 Å². The van der Waals surface area contributed by atoms with E-state index in [1.165, 1.54) is 6.08 Å². The van der Waals surface area contributed by atoms with Gasteiger partial charge >= 0.3 is 0 Å². The smallest absolute Gasteiger partial charge is 0.108 e. The number of allylic oxidation sites excluding steroid dienone is 3. The summed E-state index contributed by atoms with van der Waals surface area (Å²) in [7, 11) is 0. The molecule has 0 spiro atoms. The van der Waals surface area contributed by atoms with E-state index in [4.69, 9.17) is 0 Å². The summed E-state index contributed by atoms with van der Waals surface area (Å²) in [6, 6.07) is 0. The Morgan fingerprint density at radius 3 is 2.50 bits per heavy atom. The SMILES string of the molecule is C=C/C=C\CF. The standard InChI is InChI=1S/C5H7F/c1-2-3-4-5-6/h2-4H,1,5H2/b4-3-. The maximum absolute atomic E-state index is 11.0. The molecule has 0 unspecified atom stereocenters. The Labute approximate surface area is 37.0 Å². The van der Waals surface area contributed by atoms with E-state index in [1.54, 1.807) is 12.2 Å². The largest absolute Gasteiger partial charge is 0.247 e. The highest BCUT2D eigenvalue weighted by Gasteiger charge is 1.58. The van der Waals surface area contributed by atoms with Crippen LogP contribution >= 0.6 is 0 Å². The summed E-state index contributed by atoms with van der Waals surface area (Å²) in [4.78, 5) is 0. The molecular weight excluding hydrogens is 79.1 g/mol. The highest BCUT2D eigenvalue weighted by molar-refractivity contribution is 4.96. The number of hydrogen-bond acceptors (Lipinski definition) is 0. The van der Waals surface area contributed by atoms with Gasteiger partial charge in [0.2, 0.25) is 0 Å². The van der Waals surface area contributed by atoms with Crippen molar-refractivity contribution in [3.05, 3.63) is 24.8 Å². The lowest BCUT2D eigenvalue weighted by molar-refractivity contribution is 0.562. The van der Waals surface area contributed by atoms with Crippen LogP contribution in [0.25, 0.3) is 0 Å². The number of halogens is 1. The average molecular weight is 86.1 g/mol. The summed E-state index contributed by atoms with van der Waals surface area (Å²) < 4.78 is 11.0. The molecule has 34 valence electrons. The summed E-state index contributed by atoms with van der Waals surface area (Å²) in [5, 5.41) is 0. The average Bonchev–Trinajstić information content (AvgIpc) is 1.61. The fourth-order valence-electron chi connectivity index (χ4n) is 0.148. The van der Waals surface area contributed by atoms with Crippen LogP contribution in [0.3, 0.4) is 0 Å². The molecular formula is C5H7F. The summed E-state index contributed by atoms with van der Waals surface area (Å²) >= 11 is 0. The molecule has 1 heteroatoms. The van der Waals surface area contributed by atoms with E-state index in [-0.39, 0.29) is 0 Å². The molecule has 0 radical (unpaired) electrons. The third kappa shape index (κ3) is 3.41. The van der Waals surface area contributed by atoms with Gasteiger partial charge in [0.1, 0.15) is 6.67 Å². The van der Waals surface area contributed by atoms with E-state index in [2.05, 4.69) is 6.58 Å². The van der Waals surface area contributed by atoms with Crippen LogP contribution in [0.4, 0.5) is 4.39 Å². The van der Waals surface area contributed by atoms with Crippen molar-refractivity contribution in [1.29, 1.82) is 0 Å². The monoisotopic (exact) mass is 86.1 g/mol. The first-order valence-corrected chi connectivity index (χ1v) is 1.75. The van der Waals surface area contributed by atoms with Gasteiger partial charge in [0.05, 0.1) is 0 Å². The van der Waals surface area contributed by atoms with Gasteiger partial charge in [-0.3, -0.25) is 0 Å². The van der Waals surface area contributed by atoms with Gasteiger partial charge in [-0.15, -0.1) is 0 Å². The minimum atomic E-state index is -0.397. The normalized spacial score (nSPS) is 9.50. The lowest BCUT2D eigenvalue weighted by atomic mass is 10.5. The van der Waals surface area contributed by atoms with E-state index in [0.29, 0.717) is 0 Å². The molecule has 0 nitrogen and oxygen atoms in total. The van der Waals surface area contributed by atoms with Crippen molar-refractivity contribution in [3.63, 3.8) is 0 Å². The molecule has 0 aliphatic carbocycles. The summed E-state index contributed by atoms with van der Waals surface area (Å²) in [5.74, 6) is 0. The van der Waals surface area contributed by atoms with Crippen molar-refractivity contribution in [2.75, 3.05) is 6.67 Å². The molecule has 6 heavy (non-hydrogen) atoms. The summed E-state index contributed by atoms with van der Waals surface area (Å²) in [6.45, 7) is 2.95. The van der Waals surface area contributed by atoms with Crippen LogP contribution in [0, 0.1) is 0 Å². The molecule has 0 amide bonds. The van der Waals surface area contributed by atoms with Gasteiger partial charge in [-0.2, -0.15) is 0 Å². The van der Waals surface area contributed by atoms with E-state index in [1.807, 2.05) is 0 Å². The Hall–Kier alpha value is -0.590. The number of rotatable bonds is 2. The Morgan fingerprint density at radius 1 is 1.67 bits per heavy atom. The van der Waals surface area contributed by atoms with Crippen LogP contribution in [0.1, 0.15) is 0 Å². The third-order valence-corrected chi connectivity index (χ3v) is 0.361. The van der Waals surface area contributed by atoms with Crippen LogP contribution in [-0.4, -0.2) is 6.67 Å². The zero-order valence-electron chi connectivity index (χ0n) is 3.52. The van der Waals surface area contributed by atoms with Crippen molar-refractivity contribution in [2.45, 2.75) is 0 Å². The molecule has 0 rings (SSSR count). The van der Waals surface area contributed by atoms with Crippen molar-refractivity contribution >= 4 is 0 Å². The van der Waals surface area contributed by atoms with Gasteiger partial charge in [-0.05, 0) is 0 Å². The van der Waals surface area contributed by atoms with E-state index < -0.39 is 6.67 Å². The zero-order valence-corrected chi connectivity index (χ0v) is 3.52. The first kappa shape index (κ1) is 5.41. The summed E-state index contributed by atoms with van der Waals surface area (Å²) in [6.07, 6.45) is 4.51. The molecule has 0 aromatic rings. The van der Waals surface area contributed by atoms with Crippen LogP contribution in [0.5, 0.6) is 0 Å². The highest BCUT2D eigenvalue weighted by atomic mass is 19.1. The predicted octanol–water partition coefficient (Wildman–Crippen LogP) is 1.70. The van der Waals surface area contributed by atoms with Crippen LogP contribution in [0.15, 0.2) is 24.8 Å². The molecule has 0 atom stereocenters. The fraction of sp³-hybridized carbons (Fsp3) is 0.200. The van der Waals surface area contributed by atoms with Crippen molar-refractivity contribution < 1.29 is 4.39 Å². The molecule has 0 saturated carbocycles. The van der Waals surface area contributed by atoms with Crippen molar-refractivity contribution in [1.82, 2.24) is 0 Å². The second kappa shape index (κ2) is 4.41. The van der Waals surface area contributed by atoms with E-state index >= 15 is 0 Å². The maximum atomic E-state index is 11.0. The highest BCUT2D eigenvalue weighted by Crippen LogP contribution is 1.71. The number of hydrogen-bond donors (Lipinski definition) is 0. The predicted molar refractivity (Wildman–Crippen MR) is 25.3 cm³/mol. The Morgan fingerprint density at radius 2 is 2.33 bits per heavy atom. The van der Waals surface area contributed by atoms with Crippen LogP contribution in [0.2, 0.25) is 0 Å². The van der Waals surface area contributed by atoms with E-state index in [0.717, 1.165) is 0 Å². The third-order valence-electron chi connectivity index (χ3n) is 0.361. The molecule has 0 fully saturated rings. The first-order valence-electron chi connectivity index (χ1n) is 1.75. The molecule has 0 aromatic carbocycles. The summed E-state index contributed by atoms with van der Waals surface area (Å²) in [5.41, 5.74) is 0. The topological polar surface area (TPSA) is 0 Å². The molecule has 0 saturated heterocycles. The number of alkyl halides is 1. The quantitative estimate of drug-likeness (QED) is 0.449. The van der Waals surface area contributed by atoms with Crippen LogP contribution in [-0.2, 0) is 0 Å². The Kier molecular flexibility index (Phi) is 3.98. The van der Waals surface area contributed by atoms with Gasteiger partial charge in [-0.1, -0.05) is 24.8 Å². The minimum Gasteiger partial charge on any atom is -0.247 e. The van der Waals surface area contributed by atoms with Crippen LogP contribution < -0.4 is 0 Å². The maximum Gasteiger partial charge on any atom is 0.108 e. The van der Waals surface area contributed by atoms with Gasteiger partial charge in [0, 0.05) is 0 Å². The van der Waals surface area contributed by atoms with E-state index in [9.17, 15) is 4.39 Å². The van der Waals surface area contributed by atoms with Crippen molar-refractivity contribution in [2.24, 2.45) is 0 Å². The second-order valence-electron chi connectivity index (χ2n) is 0.818. The lowest BCUT2D eigenvalue weighted by Gasteiger charge is -1.65. The first-order chi connectivity index (χ1) is 2.91. The fourth-order valence-corrected chi connectivity index (χ4v) is 0.148. The molecule has 0 N–H and O–H groups in total. The van der Waals surface area contributed by atoms with Gasteiger partial charge in [0.15, 0.2) is 0 Å². The van der Waals surface area contributed by atoms with Crippen molar-refractivity contribution in [3.8, 4) is 0 Å². The van der Waals surface area contributed by atoms with Gasteiger partial charge in [0.25, 0.3) is 0 Å². The zero-order chi connectivity index (χ0) is 4.83.